The Labute approximate surface area is 145 Å². The van der Waals surface area contributed by atoms with E-state index in [0.29, 0.717) is 23.6 Å². The molecule has 1 unspecified atom stereocenters. The van der Waals surface area contributed by atoms with Crippen LogP contribution in [0.3, 0.4) is 0 Å². The molecule has 2 amide bonds. The van der Waals surface area contributed by atoms with E-state index in [0.717, 1.165) is 5.69 Å². The first-order valence-corrected chi connectivity index (χ1v) is 8.15. The van der Waals surface area contributed by atoms with Crippen molar-refractivity contribution in [1.82, 2.24) is 15.3 Å². The highest BCUT2D eigenvalue weighted by Crippen LogP contribution is 2.21. The maximum Gasteiger partial charge on any atom is 0.254 e. The molecule has 1 aliphatic rings. The number of carbonyl (C=O) groups is 2. The molecule has 0 saturated carbocycles. The van der Waals surface area contributed by atoms with Gasteiger partial charge in [-0.05, 0) is 26.0 Å². The summed E-state index contributed by atoms with van der Waals surface area (Å²) in [7, 11) is 0. The van der Waals surface area contributed by atoms with Gasteiger partial charge in [-0.15, -0.1) is 0 Å². The zero-order chi connectivity index (χ0) is 18.0. The molecule has 1 fully saturated rings. The highest BCUT2D eigenvalue weighted by Gasteiger charge is 2.31. The smallest absolute Gasteiger partial charge is 0.254 e. The van der Waals surface area contributed by atoms with Gasteiger partial charge < -0.3 is 15.2 Å². The highest BCUT2D eigenvalue weighted by atomic mass is 16.2. The summed E-state index contributed by atoms with van der Waals surface area (Å²) in [5.41, 5.74) is 1.42. The molecule has 1 saturated heterocycles. The van der Waals surface area contributed by atoms with Gasteiger partial charge in [-0.3, -0.25) is 14.4 Å². The summed E-state index contributed by atoms with van der Waals surface area (Å²) in [6.45, 7) is 3.83. The first-order valence-electron chi connectivity index (χ1n) is 8.15. The molecule has 3 rings (SSSR count). The standard InChI is InChI=1S/C18H20N4O3/c1-11-15(18(25)20-12(2)19-11)9-16(23)21-13-8-17(24)22(10-13)14-6-4-3-5-7-14/h3-7,13H,8-10H2,1-2H3,(H,21,23)(H,19,20,25). The van der Waals surface area contributed by atoms with E-state index in [9.17, 15) is 14.4 Å². The summed E-state index contributed by atoms with van der Waals surface area (Å²) in [5.74, 6) is 0.209. The predicted octanol–water partition coefficient (Wildman–Crippen LogP) is 0.851. The van der Waals surface area contributed by atoms with E-state index < -0.39 is 0 Å². The molecule has 1 aliphatic heterocycles. The Morgan fingerprint density at radius 3 is 2.68 bits per heavy atom. The Kier molecular flexibility index (Phi) is 4.65. The van der Waals surface area contributed by atoms with Crippen LogP contribution in [0.5, 0.6) is 0 Å². The number of aromatic amines is 1. The largest absolute Gasteiger partial charge is 0.351 e. The van der Waals surface area contributed by atoms with Crippen molar-refractivity contribution in [2.24, 2.45) is 0 Å². The average Bonchev–Trinajstić information content (AvgIpc) is 2.92. The third kappa shape index (κ3) is 3.76. The Hall–Kier alpha value is -2.96. The molecular formula is C18H20N4O3. The summed E-state index contributed by atoms with van der Waals surface area (Å²) in [5, 5.41) is 2.84. The van der Waals surface area contributed by atoms with Crippen LogP contribution in [0.2, 0.25) is 0 Å². The molecule has 2 N–H and O–H groups in total. The van der Waals surface area contributed by atoms with Crippen molar-refractivity contribution in [3.63, 3.8) is 0 Å². The molecule has 7 heteroatoms. The molecule has 1 aromatic carbocycles. The topological polar surface area (TPSA) is 95.2 Å². The minimum absolute atomic E-state index is 0.0254. The summed E-state index contributed by atoms with van der Waals surface area (Å²) in [4.78, 5) is 44.9. The monoisotopic (exact) mass is 340 g/mol. The van der Waals surface area contributed by atoms with Gasteiger partial charge in [-0.25, -0.2) is 4.98 Å². The fraction of sp³-hybridized carbons (Fsp3) is 0.333. The van der Waals surface area contributed by atoms with E-state index in [-0.39, 0.29) is 36.3 Å². The number of nitrogens with zero attached hydrogens (tertiary/aromatic N) is 2. The van der Waals surface area contributed by atoms with Gasteiger partial charge in [0.05, 0.1) is 12.5 Å². The number of aryl methyl sites for hydroxylation is 2. The van der Waals surface area contributed by atoms with Crippen molar-refractivity contribution in [3.8, 4) is 0 Å². The van der Waals surface area contributed by atoms with Gasteiger partial charge in [-0.1, -0.05) is 18.2 Å². The summed E-state index contributed by atoms with van der Waals surface area (Å²) in [6.07, 6.45) is 0.201. The van der Waals surface area contributed by atoms with E-state index >= 15 is 0 Å². The maximum atomic E-state index is 12.3. The SMILES string of the molecule is Cc1nc(C)c(CC(=O)NC2CC(=O)N(c3ccccc3)C2)c(=O)[nH]1. The molecule has 0 spiro atoms. The molecular weight excluding hydrogens is 320 g/mol. The van der Waals surface area contributed by atoms with Gasteiger partial charge in [0.1, 0.15) is 5.82 Å². The number of hydrogen-bond acceptors (Lipinski definition) is 4. The van der Waals surface area contributed by atoms with Gasteiger partial charge in [-0.2, -0.15) is 0 Å². The third-order valence-corrected chi connectivity index (χ3v) is 4.24. The van der Waals surface area contributed by atoms with Crippen LogP contribution in [0.15, 0.2) is 35.1 Å². The number of carbonyl (C=O) groups excluding carboxylic acids is 2. The number of rotatable bonds is 4. The molecule has 7 nitrogen and oxygen atoms in total. The number of nitrogens with one attached hydrogen (secondary N) is 2. The highest BCUT2D eigenvalue weighted by molar-refractivity contribution is 5.96. The predicted molar refractivity (Wildman–Crippen MR) is 93.4 cm³/mol. The lowest BCUT2D eigenvalue weighted by molar-refractivity contribution is -0.121. The van der Waals surface area contributed by atoms with Gasteiger partial charge in [0.15, 0.2) is 0 Å². The number of benzene rings is 1. The first-order chi connectivity index (χ1) is 11.9. The number of hydrogen-bond donors (Lipinski definition) is 2. The van der Waals surface area contributed by atoms with Crippen molar-refractivity contribution in [2.75, 3.05) is 11.4 Å². The maximum absolute atomic E-state index is 12.3. The Bertz CT molecular complexity index is 860. The van der Waals surface area contributed by atoms with Crippen molar-refractivity contribution in [3.05, 3.63) is 57.8 Å². The molecule has 1 aromatic heterocycles. The van der Waals surface area contributed by atoms with Crippen LogP contribution < -0.4 is 15.8 Å². The fourth-order valence-electron chi connectivity index (χ4n) is 3.06. The van der Waals surface area contributed by atoms with E-state index in [2.05, 4.69) is 15.3 Å². The lowest BCUT2D eigenvalue weighted by atomic mass is 10.1. The minimum Gasteiger partial charge on any atom is -0.351 e. The Morgan fingerprint density at radius 2 is 2.00 bits per heavy atom. The normalized spacial score (nSPS) is 17.0. The molecule has 1 atom stereocenters. The van der Waals surface area contributed by atoms with Gasteiger partial charge in [0.2, 0.25) is 11.8 Å². The molecule has 0 aliphatic carbocycles. The van der Waals surface area contributed by atoms with Gasteiger partial charge in [0.25, 0.3) is 5.56 Å². The molecule has 2 aromatic rings. The minimum atomic E-state index is -0.298. The van der Waals surface area contributed by atoms with Crippen LogP contribution in [0.25, 0.3) is 0 Å². The molecule has 0 radical (unpaired) electrons. The van der Waals surface area contributed by atoms with Gasteiger partial charge >= 0.3 is 0 Å². The second kappa shape index (κ2) is 6.88. The lowest BCUT2D eigenvalue weighted by Gasteiger charge is -2.17. The summed E-state index contributed by atoms with van der Waals surface area (Å²) < 4.78 is 0. The number of aromatic nitrogens is 2. The van der Waals surface area contributed by atoms with Crippen LogP contribution in [-0.2, 0) is 16.0 Å². The zero-order valence-electron chi connectivity index (χ0n) is 14.2. The quantitative estimate of drug-likeness (QED) is 0.863. The van der Waals surface area contributed by atoms with Crippen molar-refractivity contribution in [1.29, 1.82) is 0 Å². The summed E-state index contributed by atoms with van der Waals surface area (Å²) >= 11 is 0. The number of para-hydroxylation sites is 1. The Balaban J connectivity index is 1.65. The van der Waals surface area contributed by atoms with E-state index in [4.69, 9.17) is 0 Å². The third-order valence-electron chi connectivity index (χ3n) is 4.24. The van der Waals surface area contributed by atoms with Crippen LogP contribution >= 0.6 is 0 Å². The van der Waals surface area contributed by atoms with Crippen LogP contribution in [-0.4, -0.2) is 34.4 Å². The van der Waals surface area contributed by atoms with E-state index in [1.54, 1.807) is 18.7 Å². The molecule has 25 heavy (non-hydrogen) atoms. The number of H-pyrrole nitrogens is 1. The second-order valence-corrected chi connectivity index (χ2v) is 6.20. The Morgan fingerprint density at radius 1 is 1.28 bits per heavy atom. The van der Waals surface area contributed by atoms with E-state index in [1.165, 1.54) is 0 Å². The van der Waals surface area contributed by atoms with Crippen molar-refractivity contribution < 1.29 is 9.59 Å². The van der Waals surface area contributed by atoms with Crippen LogP contribution in [0.1, 0.15) is 23.5 Å². The van der Waals surface area contributed by atoms with Gasteiger partial charge in [0, 0.05) is 29.9 Å². The average molecular weight is 340 g/mol. The number of anilines is 1. The fourth-order valence-corrected chi connectivity index (χ4v) is 3.06. The second-order valence-electron chi connectivity index (χ2n) is 6.20. The molecule has 2 heterocycles. The molecule has 0 bridgehead atoms. The van der Waals surface area contributed by atoms with E-state index in [1.807, 2.05) is 30.3 Å². The van der Waals surface area contributed by atoms with Crippen LogP contribution in [0, 0.1) is 13.8 Å². The first kappa shape index (κ1) is 16.9. The lowest BCUT2D eigenvalue weighted by Crippen LogP contribution is -2.39. The molecule has 130 valence electrons. The number of amides is 2. The zero-order valence-corrected chi connectivity index (χ0v) is 14.2. The van der Waals surface area contributed by atoms with Crippen molar-refractivity contribution in [2.45, 2.75) is 32.7 Å². The van der Waals surface area contributed by atoms with Crippen LogP contribution in [0.4, 0.5) is 5.69 Å². The summed E-state index contributed by atoms with van der Waals surface area (Å²) in [6, 6.07) is 9.09. The van der Waals surface area contributed by atoms with Crippen molar-refractivity contribution >= 4 is 17.5 Å².